The number of nitrogens with zero attached hydrogens (tertiary/aromatic N) is 10. The van der Waals surface area contributed by atoms with Crippen LogP contribution in [-0.2, 0) is 28.4 Å². The molecule has 0 bridgehead atoms. The second-order valence-electron chi connectivity index (χ2n) is 13.4. The molecule has 16 nitrogen and oxygen atoms in total. The number of rotatable bonds is 10. The molecule has 6 rings (SSSR count). The predicted molar refractivity (Wildman–Crippen MR) is 213 cm³/mol. The average Bonchev–Trinajstić information content (AvgIpc) is 3.93. The van der Waals surface area contributed by atoms with Crippen LogP contribution in [0.1, 0.15) is 47.2 Å². The van der Waals surface area contributed by atoms with Gasteiger partial charge in [0.1, 0.15) is 12.7 Å². The molecule has 0 atom stereocenters. The quantitative estimate of drug-likeness (QED) is 0.119. The van der Waals surface area contributed by atoms with Gasteiger partial charge in [-0.3, -0.25) is 14.2 Å². The number of carboxylic acid groups (broad SMARTS) is 1. The number of halogens is 1. The van der Waals surface area contributed by atoms with E-state index in [1.54, 1.807) is 54.6 Å². The van der Waals surface area contributed by atoms with Gasteiger partial charge < -0.3 is 15.6 Å². The van der Waals surface area contributed by atoms with E-state index < -0.39 is 17.3 Å². The molecule has 0 saturated carbocycles. The molecule has 56 heavy (non-hydrogen) atoms. The number of hydrogen-bond donors (Lipinski definition) is 2. The molecule has 0 aliphatic carbocycles. The first kappa shape index (κ1) is 42.1. The lowest BCUT2D eigenvalue weighted by Crippen LogP contribution is -2.13. The topological polar surface area (TPSA) is 204 Å². The van der Waals surface area contributed by atoms with Crippen LogP contribution in [0.25, 0.3) is 46.3 Å². The molecule has 292 valence electrons. The highest BCUT2D eigenvalue weighted by Gasteiger charge is 2.15. The van der Waals surface area contributed by atoms with Crippen molar-refractivity contribution in [3.63, 3.8) is 0 Å². The summed E-state index contributed by atoms with van der Waals surface area (Å²) in [5.41, 5.74) is 12.7. The maximum Gasteiger partial charge on any atom is 0.403 e. The summed E-state index contributed by atoms with van der Waals surface area (Å²) >= 11 is 4.86. The lowest BCUT2D eigenvalue weighted by Gasteiger charge is -2.01. The molecule has 2 aromatic carbocycles. The molecular weight excluding hydrogens is 738 g/mol. The molecule has 1 amide bonds. The van der Waals surface area contributed by atoms with E-state index in [4.69, 9.17) is 17.3 Å². The zero-order valence-electron chi connectivity index (χ0n) is 32.4. The van der Waals surface area contributed by atoms with Gasteiger partial charge in [0.25, 0.3) is 5.91 Å². The maximum atomic E-state index is 11.7. The lowest BCUT2D eigenvalue weighted by atomic mass is 10.1. The highest BCUT2D eigenvalue weighted by Crippen LogP contribution is 2.21. The normalized spacial score (nSPS) is 11.4. The first-order valence-corrected chi connectivity index (χ1v) is 17.6. The number of amides is 1. The van der Waals surface area contributed by atoms with Gasteiger partial charge in [0.2, 0.25) is 0 Å². The minimum Gasteiger partial charge on any atom is -0.478 e. The molecule has 3 N–H and O–H groups in total. The maximum absolute atomic E-state index is 11.7. The number of aromatic nitrogens is 10. The molecule has 0 fully saturated rings. The minimum atomic E-state index is -1.05. The third-order valence-corrected chi connectivity index (χ3v) is 7.67. The van der Waals surface area contributed by atoms with E-state index >= 15 is 0 Å². The summed E-state index contributed by atoms with van der Waals surface area (Å²) in [7, 11) is 3.51. The van der Waals surface area contributed by atoms with Crippen LogP contribution in [0.2, 0.25) is 0 Å². The molecule has 4 heterocycles. The smallest absolute Gasteiger partial charge is 0.403 e. The Morgan fingerprint density at radius 3 is 1.48 bits per heavy atom. The molecule has 0 aliphatic rings. The van der Waals surface area contributed by atoms with Crippen molar-refractivity contribution in [3.05, 3.63) is 107 Å². The summed E-state index contributed by atoms with van der Waals surface area (Å²) in [6.45, 7) is 12.4. The minimum absolute atomic E-state index is 0.0972. The number of carboxylic acids is 1. The van der Waals surface area contributed by atoms with Gasteiger partial charge in [-0.1, -0.05) is 48.2 Å². The average molecular weight is 782 g/mol. The zero-order chi connectivity index (χ0) is 41.1. The van der Waals surface area contributed by atoms with Crippen LogP contribution in [0.5, 0.6) is 0 Å². The molecule has 0 saturated heterocycles. The number of aliphatic carboxylic acids is 1. The summed E-state index contributed by atoms with van der Waals surface area (Å²) < 4.78 is 10.5. The molecule has 0 unspecified atom stereocenters. The van der Waals surface area contributed by atoms with Gasteiger partial charge in [-0.25, -0.2) is 28.9 Å². The lowest BCUT2D eigenvalue weighted by molar-refractivity contribution is -0.130. The third-order valence-electron chi connectivity index (χ3n) is 7.56. The fourth-order valence-corrected chi connectivity index (χ4v) is 5.36. The standard InChI is InChI=1S/C17H18N6O.C17H17N5O2.C5H9ClO2/c1-11-4-12(2)6-13(5-11)17-19-10-23(21-17)9-15(16(18)24)14-7-20-22(3)8-14;1-11-4-12(2)6-13(5-11)16-18-10-22(20-16)9-15(17(23)24)14-7-19-21(3)8-14;1-4(2)3-8-5(6)7/h4-10H,1-3H3,(H2,18,24);4-10H,1-3H3,(H,23,24);4H,3H2,1-2H3/b2*15-9+;. The van der Waals surface area contributed by atoms with E-state index in [1.165, 1.54) is 28.1 Å². The number of hydrogen-bond acceptors (Lipinski definition) is 10. The van der Waals surface area contributed by atoms with Gasteiger partial charge in [-0.2, -0.15) is 10.2 Å². The highest BCUT2D eigenvalue weighted by molar-refractivity contribution is 6.61. The van der Waals surface area contributed by atoms with Crippen molar-refractivity contribution in [2.75, 3.05) is 6.61 Å². The van der Waals surface area contributed by atoms with E-state index in [1.807, 2.05) is 65.8 Å². The molecule has 4 aromatic heterocycles. The first-order chi connectivity index (χ1) is 26.5. The number of carbonyl (C=O) groups excluding carboxylic acids is 2. The van der Waals surface area contributed by atoms with Gasteiger partial charge >= 0.3 is 11.4 Å². The van der Waals surface area contributed by atoms with Crippen LogP contribution in [0.4, 0.5) is 4.79 Å². The summed E-state index contributed by atoms with van der Waals surface area (Å²) in [5, 5.41) is 26.3. The molecule has 6 aromatic rings. The van der Waals surface area contributed by atoms with Crippen molar-refractivity contribution in [2.24, 2.45) is 25.7 Å². The Balaban J connectivity index is 0.000000209. The number of nitrogens with two attached hydrogens (primary N) is 1. The Morgan fingerprint density at radius 2 is 1.16 bits per heavy atom. The van der Waals surface area contributed by atoms with Crippen LogP contribution in [0.15, 0.2) is 73.8 Å². The third kappa shape index (κ3) is 12.4. The molecule has 0 spiro atoms. The summed E-state index contributed by atoms with van der Waals surface area (Å²) in [4.78, 5) is 41.7. The number of carbonyl (C=O) groups is 3. The van der Waals surface area contributed by atoms with Crippen LogP contribution >= 0.6 is 11.6 Å². The SMILES string of the molecule is CC(C)COC(=O)Cl.Cc1cc(C)cc(-c2ncn(/C=C(/C(=O)O)c3cnn(C)c3)n2)c1.Cc1cc(C)cc(-c2ncn(/C=C(/C(N)=O)c3cnn(C)c3)n2)c1. The number of benzene rings is 2. The van der Waals surface area contributed by atoms with E-state index in [9.17, 15) is 19.5 Å². The Hall–Kier alpha value is -6.68. The Bertz CT molecular complexity index is 2190. The van der Waals surface area contributed by atoms with Crippen molar-refractivity contribution in [1.82, 2.24) is 49.1 Å². The first-order valence-electron chi connectivity index (χ1n) is 17.2. The zero-order valence-corrected chi connectivity index (χ0v) is 33.1. The Kier molecular flexibility index (Phi) is 14.3. The highest BCUT2D eigenvalue weighted by atomic mass is 35.5. The van der Waals surface area contributed by atoms with Crippen molar-refractivity contribution in [2.45, 2.75) is 41.5 Å². The van der Waals surface area contributed by atoms with E-state index in [0.717, 1.165) is 33.4 Å². The summed E-state index contributed by atoms with van der Waals surface area (Å²) in [5.74, 6) is -0.0994. The number of ether oxygens (including phenoxy) is 1. The second kappa shape index (κ2) is 19.1. The van der Waals surface area contributed by atoms with E-state index in [-0.39, 0.29) is 5.57 Å². The Labute approximate surface area is 328 Å². The number of primary amides is 1. The van der Waals surface area contributed by atoms with Gasteiger partial charge in [0, 0.05) is 72.7 Å². The van der Waals surface area contributed by atoms with E-state index in [0.29, 0.717) is 40.9 Å². The van der Waals surface area contributed by atoms with Crippen molar-refractivity contribution in [1.29, 1.82) is 0 Å². The summed E-state index contributed by atoms with van der Waals surface area (Å²) in [6.07, 6.45) is 12.5. The van der Waals surface area contributed by atoms with Crippen LogP contribution in [0.3, 0.4) is 0 Å². The fourth-order valence-electron chi connectivity index (χ4n) is 5.30. The van der Waals surface area contributed by atoms with Crippen molar-refractivity contribution >= 4 is 52.5 Å². The monoisotopic (exact) mass is 781 g/mol. The van der Waals surface area contributed by atoms with Gasteiger partial charge in [-0.05, 0) is 57.9 Å². The fraction of sp³-hybridized carbons (Fsp3) is 0.256. The van der Waals surface area contributed by atoms with Gasteiger partial charge in [-0.15, -0.1) is 10.2 Å². The molecule has 0 aliphatic heterocycles. The van der Waals surface area contributed by atoms with Crippen molar-refractivity contribution in [3.8, 4) is 22.8 Å². The van der Waals surface area contributed by atoms with Gasteiger partial charge in [0.05, 0.1) is 30.1 Å². The van der Waals surface area contributed by atoms with Gasteiger partial charge in [0.15, 0.2) is 11.6 Å². The molecular formula is C39H44ClN11O5. The largest absolute Gasteiger partial charge is 0.478 e. The van der Waals surface area contributed by atoms with Crippen LogP contribution in [-0.4, -0.2) is 78.1 Å². The summed E-state index contributed by atoms with van der Waals surface area (Å²) in [6, 6.07) is 12.2. The van der Waals surface area contributed by atoms with Crippen molar-refractivity contribution < 1.29 is 24.2 Å². The predicted octanol–water partition coefficient (Wildman–Crippen LogP) is 6.17. The number of aryl methyl sites for hydroxylation is 6. The van der Waals surface area contributed by atoms with Crippen LogP contribution in [0, 0.1) is 33.6 Å². The van der Waals surface area contributed by atoms with Crippen LogP contribution < -0.4 is 5.73 Å². The molecule has 17 heteroatoms. The molecule has 0 radical (unpaired) electrons. The second-order valence-corrected chi connectivity index (χ2v) is 13.7. The Morgan fingerprint density at radius 1 is 0.750 bits per heavy atom. The van der Waals surface area contributed by atoms with E-state index in [2.05, 4.69) is 47.2 Å².